The van der Waals surface area contributed by atoms with Crippen molar-refractivity contribution in [1.29, 1.82) is 0 Å². The number of carbonyl (C=O) groups excluding carboxylic acids is 1. The van der Waals surface area contributed by atoms with Gasteiger partial charge in [-0.1, -0.05) is 35.1 Å². The third-order valence-electron chi connectivity index (χ3n) is 4.83. The third kappa shape index (κ3) is 3.88. The Morgan fingerprint density at radius 3 is 2.55 bits per heavy atom. The smallest absolute Gasteiger partial charge is 0.282 e. The molecule has 0 aliphatic rings. The molecule has 0 bridgehead atoms. The highest BCUT2D eigenvalue weighted by atomic mass is 35.5. The van der Waals surface area contributed by atoms with Gasteiger partial charge in [-0.2, -0.15) is 0 Å². The van der Waals surface area contributed by atoms with Crippen molar-refractivity contribution in [2.45, 2.75) is 0 Å². The Hall–Kier alpha value is -3.96. The van der Waals surface area contributed by atoms with Crippen molar-refractivity contribution in [2.24, 2.45) is 0 Å². The molecule has 0 unspecified atom stereocenters. The molecule has 5 rings (SSSR count). The molecule has 0 fully saturated rings. The van der Waals surface area contributed by atoms with E-state index in [2.05, 4.69) is 20.6 Å². The highest BCUT2D eigenvalue weighted by Gasteiger charge is 2.22. The number of carbonyl (C=O) groups is 1. The molecule has 33 heavy (non-hydrogen) atoms. The predicted molar refractivity (Wildman–Crippen MR) is 124 cm³/mol. The van der Waals surface area contributed by atoms with E-state index in [1.54, 1.807) is 43.3 Å². The molecule has 1 N–H and O–H groups in total. The highest BCUT2D eigenvalue weighted by Crippen LogP contribution is 2.36. The van der Waals surface area contributed by atoms with Gasteiger partial charge in [-0.3, -0.25) is 14.8 Å². The van der Waals surface area contributed by atoms with E-state index in [0.29, 0.717) is 43.3 Å². The number of halogens is 1. The van der Waals surface area contributed by atoms with Crippen LogP contribution in [0.4, 0.5) is 0 Å². The molecule has 0 aliphatic carbocycles. The summed E-state index contributed by atoms with van der Waals surface area (Å²) in [5, 5.41) is 8.50. The van der Waals surface area contributed by atoms with Crippen LogP contribution in [0.15, 0.2) is 55.4 Å². The van der Waals surface area contributed by atoms with Gasteiger partial charge >= 0.3 is 0 Å². The lowest BCUT2D eigenvalue weighted by Gasteiger charge is -2.07. The average Bonchev–Trinajstić information content (AvgIpc) is 3.57. The number of aromatic nitrogens is 6. The van der Waals surface area contributed by atoms with Gasteiger partial charge in [0, 0.05) is 22.7 Å². The number of ether oxygens (including phenoxy) is 2. The minimum Gasteiger partial charge on any atom is -0.493 e. The first-order valence-corrected chi connectivity index (χ1v) is 10.8. The summed E-state index contributed by atoms with van der Waals surface area (Å²) in [5.41, 5.74) is 5.37. The summed E-state index contributed by atoms with van der Waals surface area (Å²) in [5.74, 6) is 0.768. The highest BCUT2D eigenvalue weighted by molar-refractivity contribution is 7.16. The fourth-order valence-corrected chi connectivity index (χ4v) is 4.46. The van der Waals surface area contributed by atoms with Gasteiger partial charge in [0.15, 0.2) is 16.6 Å². The summed E-state index contributed by atoms with van der Waals surface area (Å²) in [6.07, 6.45) is 4.43. The maximum Gasteiger partial charge on any atom is 0.282 e. The summed E-state index contributed by atoms with van der Waals surface area (Å²) in [6.45, 7) is 0. The Labute approximate surface area is 196 Å². The van der Waals surface area contributed by atoms with Gasteiger partial charge in [0.25, 0.3) is 5.91 Å². The zero-order valence-corrected chi connectivity index (χ0v) is 19.0. The lowest BCUT2D eigenvalue weighted by Crippen LogP contribution is -2.21. The largest absolute Gasteiger partial charge is 0.493 e. The SMILES string of the molecule is COc1cc2ncn(-c3nc(-c4cccc(Cl)c4)c(C(=O)Nn4cnnc4)s3)c2cc1OC. The minimum absolute atomic E-state index is 0.364. The Kier molecular flexibility index (Phi) is 5.40. The third-order valence-corrected chi connectivity index (χ3v) is 6.12. The van der Waals surface area contributed by atoms with Gasteiger partial charge in [-0.05, 0) is 12.1 Å². The second kappa shape index (κ2) is 8.52. The van der Waals surface area contributed by atoms with Crippen LogP contribution < -0.4 is 14.9 Å². The van der Waals surface area contributed by atoms with Gasteiger partial charge in [-0.15, -0.1) is 10.2 Å². The molecule has 2 aromatic carbocycles. The van der Waals surface area contributed by atoms with Crippen LogP contribution in [-0.4, -0.2) is 49.5 Å². The number of amides is 1. The van der Waals surface area contributed by atoms with Crippen molar-refractivity contribution in [1.82, 2.24) is 29.4 Å². The van der Waals surface area contributed by atoms with E-state index in [1.165, 1.54) is 28.7 Å². The summed E-state index contributed by atoms with van der Waals surface area (Å²) in [6, 6.07) is 10.8. The van der Waals surface area contributed by atoms with Crippen molar-refractivity contribution in [3.63, 3.8) is 0 Å². The van der Waals surface area contributed by atoms with Crippen molar-refractivity contribution >= 4 is 39.9 Å². The number of hydrogen-bond donors (Lipinski definition) is 1. The molecule has 0 saturated heterocycles. The summed E-state index contributed by atoms with van der Waals surface area (Å²) in [4.78, 5) is 22.7. The molecule has 0 aliphatic heterocycles. The first-order valence-electron chi connectivity index (χ1n) is 9.59. The number of nitrogens with zero attached hydrogens (tertiary/aromatic N) is 6. The van der Waals surface area contributed by atoms with Crippen LogP contribution >= 0.6 is 22.9 Å². The minimum atomic E-state index is -0.364. The molecular weight excluding hydrogens is 466 g/mol. The molecule has 0 atom stereocenters. The predicted octanol–water partition coefficient (Wildman–Crippen LogP) is 3.80. The number of imidazole rings is 1. The van der Waals surface area contributed by atoms with Crippen LogP contribution in [0, 0.1) is 0 Å². The van der Waals surface area contributed by atoms with Crippen molar-refractivity contribution in [2.75, 3.05) is 19.6 Å². The normalized spacial score (nSPS) is 11.0. The summed E-state index contributed by atoms with van der Waals surface area (Å²) in [7, 11) is 3.14. The number of methoxy groups -OCH3 is 2. The molecule has 0 radical (unpaired) electrons. The molecule has 0 saturated carbocycles. The van der Waals surface area contributed by atoms with E-state index in [1.807, 2.05) is 18.2 Å². The van der Waals surface area contributed by atoms with Crippen LogP contribution in [0.25, 0.3) is 27.4 Å². The molecule has 1 amide bonds. The zero-order valence-electron chi connectivity index (χ0n) is 17.4. The summed E-state index contributed by atoms with van der Waals surface area (Å²) < 4.78 is 14.0. The van der Waals surface area contributed by atoms with Gasteiger partial charge in [0.2, 0.25) is 0 Å². The lowest BCUT2D eigenvalue weighted by atomic mass is 10.1. The van der Waals surface area contributed by atoms with Gasteiger partial charge in [0.1, 0.15) is 23.9 Å². The van der Waals surface area contributed by atoms with E-state index in [4.69, 9.17) is 26.1 Å². The fourth-order valence-electron chi connectivity index (χ4n) is 3.31. The second-order valence-corrected chi connectivity index (χ2v) is 8.22. The van der Waals surface area contributed by atoms with Crippen LogP contribution in [0.1, 0.15) is 9.67 Å². The fraction of sp³-hybridized carbons (Fsp3) is 0.0952. The number of rotatable bonds is 6. The Morgan fingerprint density at radius 1 is 1.06 bits per heavy atom. The van der Waals surface area contributed by atoms with Crippen LogP contribution in [-0.2, 0) is 0 Å². The quantitative estimate of drug-likeness (QED) is 0.393. The van der Waals surface area contributed by atoms with Crippen LogP contribution in [0.3, 0.4) is 0 Å². The molecule has 5 aromatic rings. The van der Waals surface area contributed by atoms with Gasteiger partial charge < -0.3 is 9.47 Å². The lowest BCUT2D eigenvalue weighted by molar-refractivity contribution is 0.101. The average molecular weight is 482 g/mol. The van der Waals surface area contributed by atoms with Gasteiger partial charge in [-0.25, -0.2) is 14.6 Å². The summed E-state index contributed by atoms with van der Waals surface area (Å²) >= 11 is 7.42. The first kappa shape index (κ1) is 20.9. The van der Waals surface area contributed by atoms with Crippen molar-refractivity contribution in [3.8, 4) is 27.9 Å². The number of benzene rings is 2. The van der Waals surface area contributed by atoms with E-state index in [0.717, 1.165) is 5.52 Å². The zero-order chi connectivity index (χ0) is 22.9. The van der Waals surface area contributed by atoms with Crippen LogP contribution in [0.5, 0.6) is 11.5 Å². The number of thiazole rings is 1. The maximum atomic E-state index is 13.1. The molecule has 3 aromatic heterocycles. The standard InChI is InChI=1S/C21H16ClN7O3S/c1-31-16-7-14-15(8-17(16)32-2)29(9-23-14)21-26-18(12-4-3-5-13(22)6-12)19(33-21)20(30)27-28-10-24-25-11-28/h3-11H,1-2H3,(H,27,30). The monoisotopic (exact) mass is 481 g/mol. The second-order valence-electron chi connectivity index (χ2n) is 6.81. The van der Waals surface area contributed by atoms with E-state index in [-0.39, 0.29) is 5.91 Å². The molecule has 166 valence electrons. The maximum absolute atomic E-state index is 13.1. The first-order chi connectivity index (χ1) is 16.1. The molecule has 10 nitrogen and oxygen atoms in total. The Bertz CT molecular complexity index is 1460. The van der Waals surface area contributed by atoms with E-state index < -0.39 is 0 Å². The Balaban J connectivity index is 1.65. The number of hydrogen-bond acceptors (Lipinski definition) is 8. The molecule has 3 heterocycles. The Morgan fingerprint density at radius 2 is 1.82 bits per heavy atom. The molecule has 0 spiro atoms. The van der Waals surface area contributed by atoms with E-state index in [9.17, 15) is 4.79 Å². The molecular formula is C21H16ClN7O3S. The van der Waals surface area contributed by atoms with Crippen molar-refractivity contribution < 1.29 is 14.3 Å². The molecule has 12 heteroatoms. The van der Waals surface area contributed by atoms with E-state index >= 15 is 0 Å². The number of fused-ring (bicyclic) bond motifs is 1. The topological polar surface area (TPSA) is 109 Å². The van der Waals surface area contributed by atoms with Gasteiger partial charge in [0.05, 0.1) is 30.9 Å². The van der Waals surface area contributed by atoms with Crippen LogP contribution in [0.2, 0.25) is 5.02 Å². The number of nitrogens with one attached hydrogen (secondary N) is 1. The van der Waals surface area contributed by atoms with Crippen molar-refractivity contribution in [3.05, 3.63) is 65.3 Å².